The van der Waals surface area contributed by atoms with Crippen molar-refractivity contribution in [2.45, 2.75) is 11.6 Å². The van der Waals surface area contributed by atoms with Crippen LogP contribution in [0.15, 0.2) is 499 Å². The topological polar surface area (TPSA) is 140 Å². The van der Waals surface area contributed by atoms with Crippen molar-refractivity contribution in [2.24, 2.45) is 20.0 Å². The smallest absolute Gasteiger partial charge is 0.261 e. The largest absolute Gasteiger partial charge is 0.337 e. The van der Waals surface area contributed by atoms with Gasteiger partial charge < -0.3 is 4.98 Å². The molecule has 13 heteroatoms. The highest BCUT2D eigenvalue weighted by Crippen LogP contribution is 2.50. The van der Waals surface area contributed by atoms with E-state index in [4.69, 9.17) is 44.9 Å². The number of imidazole rings is 3. The molecule has 2 aliphatic heterocycles. The fourth-order valence-electron chi connectivity index (χ4n) is 17.7. The van der Waals surface area contributed by atoms with Gasteiger partial charge >= 0.3 is 0 Å². The van der Waals surface area contributed by atoms with Gasteiger partial charge in [0.05, 0.1) is 68.0 Å². The van der Waals surface area contributed by atoms with Gasteiger partial charge in [-0.05, 0) is 48.5 Å². The summed E-state index contributed by atoms with van der Waals surface area (Å²) in [5.41, 5.74) is 25.6. The van der Waals surface area contributed by atoms with Gasteiger partial charge in [0.15, 0.2) is 0 Å². The molecule has 1 N–H and O–H groups in total. The van der Waals surface area contributed by atoms with E-state index in [9.17, 15) is 0 Å². The van der Waals surface area contributed by atoms with Crippen LogP contribution in [0.4, 0.5) is 0 Å². The van der Waals surface area contributed by atoms with Crippen LogP contribution < -0.4 is 0 Å². The Bertz CT molecular complexity index is 7800. The maximum Gasteiger partial charge on any atom is 0.261 e. The van der Waals surface area contributed by atoms with Crippen LogP contribution in [0, 0.1) is 0 Å². The summed E-state index contributed by atoms with van der Waals surface area (Å²) in [5.74, 6) is -0.146. The normalized spacial score (nSPS) is 13.1. The quantitative estimate of drug-likeness (QED) is 0.0967. The van der Waals surface area contributed by atoms with Crippen molar-refractivity contribution in [2.75, 3.05) is 0 Å². The zero-order valence-corrected chi connectivity index (χ0v) is 71.3. The lowest BCUT2D eigenvalue weighted by Crippen LogP contribution is -2.31. The number of nitrogens with zero attached hydrogens (tertiary/aromatic N) is 11. The van der Waals surface area contributed by atoms with Crippen LogP contribution in [0.25, 0.3) is 144 Å². The molecule has 0 bridgehead atoms. The van der Waals surface area contributed by atoms with Crippen LogP contribution in [-0.4, -0.2) is 61.9 Å². The lowest BCUT2D eigenvalue weighted by Gasteiger charge is -2.30. The summed E-state index contributed by atoms with van der Waals surface area (Å²) in [6.07, 6.45) is 3.66. The van der Waals surface area contributed by atoms with Crippen molar-refractivity contribution < 1.29 is 0 Å². The molecule has 24 rings (SSSR count). The molecule has 0 unspecified atom stereocenters. The molecule has 614 valence electrons. The van der Waals surface area contributed by atoms with Crippen molar-refractivity contribution >= 4 is 76.2 Å². The van der Waals surface area contributed by atoms with E-state index in [-0.39, 0.29) is 0 Å². The number of hydrogen-bond donors (Lipinski definition) is 1. The Morgan fingerprint density at radius 3 is 1.03 bits per heavy atom. The van der Waals surface area contributed by atoms with Crippen molar-refractivity contribution in [1.29, 1.82) is 0 Å². The fourth-order valence-corrected chi connectivity index (χ4v) is 18.8. The average molecular weight is 1690 g/mol. The Kier molecular flexibility index (Phi) is 21.1. The van der Waals surface area contributed by atoms with Gasteiger partial charge in [0, 0.05) is 127 Å². The summed E-state index contributed by atoms with van der Waals surface area (Å²) >= 11 is 1.84. The zero-order valence-electron chi connectivity index (χ0n) is 70.4. The van der Waals surface area contributed by atoms with Gasteiger partial charge in [-0.3, -0.25) is 19.1 Å². The first-order valence-corrected chi connectivity index (χ1v) is 44.3. The lowest BCUT2D eigenvalue weighted by molar-refractivity contribution is 0.409. The minimum absolute atomic E-state index is 0.718. The molecule has 130 heavy (non-hydrogen) atoms. The first-order chi connectivity index (χ1) is 64.4. The predicted molar refractivity (Wildman–Crippen MR) is 534 cm³/mol. The van der Waals surface area contributed by atoms with Crippen LogP contribution in [0.3, 0.4) is 0 Å². The second-order valence-electron chi connectivity index (χ2n) is 31.9. The highest BCUT2D eigenvalue weighted by atomic mass is 32.1. The molecule has 0 aliphatic carbocycles. The molecular formula is C117H80N12S. The standard InChI is InChI=1S/C48H32N6.C42H30N4.C27H18N2S/c1-5-15-35(16-6-1)43-44(36-17-7-2-8-18-36)53-48(52-43,40-28-27-34-24-14-30-50-42(34)32-40)54-46(38-21-11-4-12-22-38)45(37-19-9-3-10-20-37)51-47(54)39-26-25-33-23-13-29-49-41(33)31-39;1-7-19-31(20-8-1)37-38(32-21-9-2-10-22-32)45-42(44-37,36-29-17-6-18-30-36)46-40(34-25-13-4-14-26-34)39(33-23-11-3-12-24-33)43-41(46)35-27-15-5-16-28-35;1-3-9-18(10-4-1)25-26(19-11-5-2-6-12-19)29-27(28-25)20-15-16-24-22(17-20)21-13-7-8-14-23(21)30-24/h1-32H;1-30H;1-17H,(H,28,29). The summed E-state index contributed by atoms with van der Waals surface area (Å²) in [7, 11) is 0. The molecule has 0 spiro atoms. The Morgan fingerprint density at radius 1 is 0.231 bits per heavy atom. The summed E-state index contributed by atoms with van der Waals surface area (Å²) in [4.78, 5) is 52.3. The molecule has 8 heterocycles. The molecule has 0 fully saturated rings. The van der Waals surface area contributed by atoms with E-state index in [2.05, 4.69) is 372 Å². The number of fused-ring (bicyclic) bond motifs is 5. The SMILES string of the molecule is c1ccc(-c2nc(-c3ccc4sc5ccccc5c4c3)[nH]c2-c2ccccc2)cc1.c1ccc(C2=NC(c3ccc4cccnc4c3)(n3c(-c4ccc5cccnc5c4)nc(-c4ccccc4)c3-c3ccccc3)N=C2c2ccccc2)cc1.c1ccc(C2=NC(c3ccccc3)(n3c(-c4ccccc4)nc(-c4ccccc4)c3-c3ccccc3)N=C2c2ccccc2)cc1. The molecule has 0 amide bonds. The highest BCUT2D eigenvalue weighted by molar-refractivity contribution is 7.25. The fraction of sp³-hybridized carbons (Fsp3) is 0.0171. The number of hydrogen-bond acceptors (Lipinski definition) is 10. The van der Waals surface area contributed by atoms with Gasteiger partial charge in [-0.25, -0.2) is 34.9 Å². The number of pyridine rings is 2. The molecule has 0 radical (unpaired) electrons. The molecule has 22 aromatic rings. The Balaban J connectivity index is 0.000000119. The van der Waals surface area contributed by atoms with E-state index in [1.807, 2.05) is 133 Å². The van der Waals surface area contributed by atoms with Gasteiger partial charge in [-0.2, -0.15) is 0 Å². The van der Waals surface area contributed by atoms with Crippen molar-refractivity contribution in [3.05, 3.63) is 513 Å². The summed E-state index contributed by atoms with van der Waals surface area (Å²) in [6, 6.07) is 161. The molecule has 0 atom stereocenters. The van der Waals surface area contributed by atoms with Crippen molar-refractivity contribution in [3.63, 3.8) is 0 Å². The number of nitrogens with one attached hydrogen (secondary N) is 1. The zero-order chi connectivity index (χ0) is 86.6. The number of rotatable bonds is 17. The number of thiophene rings is 1. The number of aromatic nitrogens is 8. The van der Waals surface area contributed by atoms with Crippen LogP contribution in [0.5, 0.6) is 0 Å². The molecular weight excluding hydrogens is 1610 g/mol. The number of benzene rings is 16. The van der Waals surface area contributed by atoms with Crippen molar-refractivity contribution in [1.82, 2.24) is 39.0 Å². The first kappa shape index (κ1) is 78.8. The second kappa shape index (κ2) is 34.8. The molecule has 0 saturated heterocycles. The summed E-state index contributed by atoms with van der Waals surface area (Å²) < 4.78 is 7.13. The molecule has 0 saturated carbocycles. The van der Waals surface area contributed by atoms with E-state index in [0.29, 0.717) is 0 Å². The Morgan fingerprint density at radius 2 is 0.577 bits per heavy atom. The third-order valence-electron chi connectivity index (χ3n) is 23.8. The van der Waals surface area contributed by atoms with Gasteiger partial charge in [0.1, 0.15) is 17.5 Å². The number of aliphatic imine (C=N–C) groups is 4. The van der Waals surface area contributed by atoms with Crippen LogP contribution in [-0.2, 0) is 11.6 Å². The van der Waals surface area contributed by atoms with Gasteiger partial charge in [0.25, 0.3) is 11.6 Å². The number of H-pyrrole nitrogens is 1. The Hall–Kier alpha value is -17.1. The first-order valence-electron chi connectivity index (χ1n) is 43.5. The van der Waals surface area contributed by atoms with E-state index in [1.54, 1.807) is 0 Å². The van der Waals surface area contributed by atoms with Gasteiger partial charge in [-0.15, -0.1) is 11.3 Å². The van der Waals surface area contributed by atoms with E-state index in [0.717, 1.165) is 180 Å². The number of aromatic amines is 1. The van der Waals surface area contributed by atoms with E-state index < -0.39 is 11.6 Å². The Labute approximate surface area is 756 Å². The van der Waals surface area contributed by atoms with Crippen LogP contribution in [0.1, 0.15) is 33.4 Å². The summed E-state index contributed by atoms with van der Waals surface area (Å²) in [5, 5.41) is 4.68. The lowest BCUT2D eigenvalue weighted by atomic mass is 10.0. The van der Waals surface area contributed by atoms with Crippen molar-refractivity contribution in [3.8, 4) is 102 Å². The maximum absolute atomic E-state index is 5.83. The molecule has 16 aromatic carbocycles. The average Bonchev–Trinajstić information content (AvgIpc) is 1.55. The minimum atomic E-state index is -1.35. The third kappa shape index (κ3) is 15.0. The van der Waals surface area contributed by atoms with Crippen LogP contribution >= 0.6 is 11.3 Å². The summed E-state index contributed by atoms with van der Waals surface area (Å²) in [6.45, 7) is 0. The van der Waals surface area contributed by atoms with E-state index in [1.165, 1.54) is 20.2 Å². The van der Waals surface area contributed by atoms with Gasteiger partial charge in [0.2, 0.25) is 0 Å². The second-order valence-corrected chi connectivity index (χ2v) is 33.0. The molecule has 2 aliphatic rings. The highest BCUT2D eigenvalue weighted by Gasteiger charge is 2.47. The molecule has 6 aromatic heterocycles. The maximum atomic E-state index is 5.83. The predicted octanol–water partition coefficient (Wildman–Crippen LogP) is 27.9. The molecule has 12 nitrogen and oxygen atoms in total. The monoisotopic (exact) mass is 1680 g/mol. The van der Waals surface area contributed by atoms with E-state index >= 15 is 0 Å². The minimum Gasteiger partial charge on any atom is -0.337 e. The van der Waals surface area contributed by atoms with Crippen LogP contribution in [0.2, 0.25) is 0 Å². The third-order valence-corrected chi connectivity index (χ3v) is 24.9. The van der Waals surface area contributed by atoms with Gasteiger partial charge in [-0.1, -0.05) is 419 Å².